The van der Waals surface area contributed by atoms with Crippen LogP contribution < -0.4 is 0 Å². The van der Waals surface area contributed by atoms with Crippen LogP contribution >= 0.6 is 0 Å². The molecular formula is C42H80O4Zn. The Hall–Kier alpha value is -0.957. The van der Waals surface area contributed by atoms with E-state index in [1.54, 1.807) is 12.2 Å². The molecule has 0 radical (unpaired) electrons. The number of carboxylic acids is 2. The van der Waals surface area contributed by atoms with Gasteiger partial charge in [0.2, 0.25) is 0 Å². The first-order valence-electron chi connectivity index (χ1n) is 20.3. The van der Waals surface area contributed by atoms with Crippen LogP contribution in [0.25, 0.3) is 0 Å². The van der Waals surface area contributed by atoms with E-state index in [4.69, 9.17) is 10.2 Å². The summed E-state index contributed by atoms with van der Waals surface area (Å²) >= 11 is 0. The van der Waals surface area contributed by atoms with Gasteiger partial charge in [-0.15, -0.1) is 0 Å². The Morgan fingerprint density at radius 3 is 0.681 bits per heavy atom. The quantitative estimate of drug-likeness (QED) is 0.0385. The van der Waals surface area contributed by atoms with Crippen molar-refractivity contribution in [2.75, 3.05) is 0 Å². The first kappa shape index (κ1) is 50.4. The van der Waals surface area contributed by atoms with Crippen molar-refractivity contribution < 1.29 is 39.3 Å². The van der Waals surface area contributed by atoms with E-state index < -0.39 is 11.9 Å². The van der Waals surface area contributed by atoms with Crippen LogP contribution in [-0.4, -0.2) is 22.2 Å². The Balaban J connectivity index is -0.000000807. The molecule has 0 bridgehead atoms. The summed E-state index contributed by atoms with van der Waals surface area (Å²) in [6, 6.07) is 0. The smallest absolute Gasteiger partial charge is 0.327 e. The van der Waals surface area contributed by atoms with Crippen molar-refractivity contribution in [1.29, 1.82) is 0 Å². The fourth-order valence-electron chi connectivity index (χ4n) is 5.99. The summed E-state index contributed by atoms with van der Waals surface area (Å²) in [5, 5.41) is 16.9. The predicted octanol–water partition coefficient (Wildman–Crippen LogP) is 14.6. The number of carboxylic acid groups (broad SMARTS) is 2. The van der Waals surface area contributed by atoms with E-state index in [-0.39, 0.29) is 19.5 Å². The molecule has 274 valence electrons. The van der Waals surface area contributed by atoms with Gasteiger partial charge in [0.25, 0.3) is 0 Å². The van der Waals surface area contributed by atoms with Crippen LogP contribution in [-0.2, 0) is 29.1 Å². The maximum absolute atomic E-state index is 10.3. The summed E-state index contributed by atoms with van der Waals surface area (Å²) in [4.78, 5) is 20.6. The summed E-state index contributed by atoms with van der Waals surface area (Å²) in [6.45, 7) is 4.56. The number of carbonyl (C=O) groups is 2. The molecule has 0 aromatic rings. The van der Waals surface area contributed by atoms with Crippen LogP contribution in [0.3, 0.4) is 0 Å². The SMILES string of the molecule is CCCCCCCCCCCCCCCCCCC=CC(=O)O.CCCCCCCCCCCCCCCCCCC=CC(=O)O.[Zn]. The average molecular weight is 714 g/mol. The monoisotopic (exact) mass is 713 g/mol. The van der Waals surface area contributed by atoms with Gasteiger partial charge in [-0.3, -0.25) is 0 Å². The molecule has 47 heavy (non-hydrogen) atoms. The molecule has 0 aliphatic carbocycles. The van der Waals surface area contributed by atoms with E-state index in [1.807, 2.05) is 0 Å². The van der Waals surface area contributed by atoms with E-state index in [2.05, 4.69) is 13.8 Å². The zero-order valence-electron chi connectivity index (χ0n) is 31.8. The van der Waals surface area contributed by atoms with Crippen LogP contribution in [0.15, 0.2) is 24.3 Å². The van der Waals surface area contributed by atoms with Crippen molar-refractivity contribution in [3.63, 3.8) is 0 Å². The molecule has 0 amide bonds. The molecule has 4 nitrogen and oxygen atoms in total. The second-order valence-corrected chi connectivity index (χ2v) is 13.7. The van der Waals surface area contributed by atoms with E-state index in [1.165, 1.54) is 205 Å². The van der Waals surface area contributed by atoms with E-state index >= 15 is 0 Å². The van der Waals surface area contributed by atoms with Crippen LogP contribution in [0.4, 0.5) is 0 Å². The van der Waals surface area contributed by atoms with Gasteiger partial charge in [-0.2, -0.15) is 0 Å². The molecule has 2 N–H and O–H groups in total. The number of hydrogen-bond donors (Lipinski definition) is 2. The molecule has 0 aromatic heterocycles. The molecule has 0 aromatic carbocycles. The van der Waals surface area contributed by atoms with Gasteiger partial charge in [0.1, 0.15) is 0 Å². The fraction of sp³-hybridized carbons (Fsp3) is 0.857. The fourth-order valence-corrected chi connectivity index (χ4v) is 5.99. The maximum Gasteiger partial charge on any atom is 0.327 e. The molecule has 0 saturated heterocycles. The van der Waals surface area contributed by atoms with Gasteiger partial charge in [-0.1, -0.05) is 219 Å². The van der Waals surface area contributed by atoms with Crippen LogP contribution in [0.5, 0.6) is 0 Å². The van der Waals surface area contributed by atoms with Crippen LogP contribution in [0.1, 0.15) is 232 Å². The summed E-state index contributed by atoms with van der Waals surface area (Å²) in [5.41, 5.74) is 0. The molecule has 0 rings (SSSR count). The van der Waals surface area contributed by atoms with Gasteiger partial charge < -0.3 is 10.2 Å². The van der Waals surface area contributed by atoms with Gasteiger partial charge in [0.15, 0.2) is 0 Å². The Kier molecular flexibility index (Phi) is 50.6. The summed E-state index contributed by atoms with van der Waals surface area (Å²) in [7, 11) is 0. The van der Waals surface area contributed by atoms with E-state index in [9.17, 15) is 9.59 Å². The van der Waals surface area contributed by atoms with Crippen molar-refractivity contribution in [2.24, 2.45) is 0 Å². The third kappa shape index (κ3) is 54.7. The van der Waals surface area contributed by atoms with Gasteiger partial charge >= 0.3 is 11.9 Å². The Bertz CT molecular complexity index is 605. The van der Waals surface area contributed by atoms with Crippen LogP contribution in [0, 0.1) is 0 Å². The molecular weight excluding hydrogens is 634 g/mol. The Labute approximate surface area is 306 Å². The van der Waals surface area contributed by atoms with Gasteiger partial charge in [-0.25, -0.2) is 9.59 Å². The van der Waals surface area contributed by atoms with Crippen molar-refractivity contribution in [3.8, 4) is 0 Å². The molecule has 0 unspecified atom stereocenters. The van der Waals surface area contributed by atoms with Gasteiger partial charge in [-0.05, 0) is 25.7 Å². The van der Waals surface area contributed by atoms with E-state index in [0.29, 0.717) is 0 Å². The molecule has 0 aliphatic heterocycles. The third-order valence-electron chi connectivity index (χ3n) is 8.97. The van der Waals surface area contributed by atoms with Crippen molar-refractivity contribution in [2.45, 2.75) is 232 Å². The average Bonchev–Trinajstić information content (AvgIpc) is 3.03. The topological polar surface area (TPSA) is 74.6 Å². The molecule has 0 spiro atoms. The normalized spacial score (nSPS) is 11.1. The minimum atomic E-state index is -0.832. The molecule has 0 atom stereocenters. The first-order chi connectivity index (χ1) is 22.5. The molecule has 0 fully saturated rings. The number of unbranched alkanes of at least 4 members (excludes halogenated alkanes) is 32. The molecule has 0 saturated carbocycles. The molecule has 0 heterocycles. The number of aliphatic carboxylic acids is 2. The summed E-state index contributed by atoms with van der Waals surface area (Å²) < 4.78 is 0. The minimum absolute atomic E-state index is 0. The minimum Gasteiger partial charge on any atom is -0.478 e. The Morgan fingerprint density at radius 2 is 0.511 bits per heavy atom. The predicted molar refractivity (Wildman–Crippen MR) is 202 cm³/mol. The Morgan fingerprint density at radius 1 is 0.340 bits per heavy atom. The number of hydrogen-bond acceptors (Lipinski definition) is 2. The first-order valence-corrected chi connectivity index (χ1v) is 20.3. The zero-order valence-corrected chi connectivity index (χ0v) is 34.7. The zero-order chi connectivity index (χ0) is 34.0. The molecule has 5 heteroatoms. The standard InChI is InChI=1S/2C21H40O2.Zn/c2*1-2-3-4-5-6-7-8-9-10-11-12-13-14-15-16-17-18-19-20-21(22)23;/h2*19-20H,2-18H2,1H3,(H,22,23);. The van der Waals surface area contributed by atoms with Gasteiger partial charge in [0.05, 0.1) is 0 Å². The second-order valence-electron chi connectivity index (χ2n) is 13.7. The second kappa shape index (κ2) is 47.2. The maximum atomic E-state index is 10.3. The number of allylic oxidation sites excluding steroid dienone is 2. The largest absolute Gasteiger partial charge is 0.478 e. The van der Waals surface area contributed by atoms with Crippen LogP contribution in [0.2, 0.25) is 0 Å². The third-order valence-corrected chi connectivity index (χ3v) is 8.97. The van der Waals surface area contributed by atoms with E-state index in [0.717, 1.165) is 25.7 Å². The number of rotatable bonds is 36. The van der Waals surface area contributed by atoms with Gasteiger partial charge in [0, 0.05) is 31.6 Å². The molecule has 0 aliphatic rings. The summed E-state index contributed by atoms with van der Waals surface area (Å²) in [6.07, 6.45) is 52.0. The van der Waals surface area contributed by atoms with Crippen molar-refractivity contribution in [1.82, 2.24) is 0 Å². The van der Waals surface area contributed by atoms with Crippen molar-refractivity contribution in [3.05, 3.63) is 24.3 Å². The summed E-state index contributed by atoms with van der Waals surface area (Å²) in [5.74, 6) is -1.66. The van der Waals surface area contributed by atoms with Crippen molar-refractivity contribution >= 4 is 11.9 Å².